The van der Waals surface area contributed by atoms with Crippen molar-refractivity contribution < 1.29 is 0 Å². The highest BCUT2D eigenvalue weighted by Gasteiger charge is 2.25. The Kier molecular flexibility index (Phi) is 4.47. The first kappa shape index (κ1) is 16.7. The molecule has 4 heterocycles. The average molecular weight is 375 g/mol. The number of anilines is 2. The monoisotopic (exact) mass is 374 g/mol. The summed E-state index contributed by atoms with van der Waals surface area (Å²) in [5.74, 6) is 0. The highest BCUT2D eigenvalue weighted by atomic mass is 32.1. The van der Waals surface area contributed by atoms with Crippen LogP contribution in [0.4, 0.5) is 10.8 Å². The Bertz CT molecular complexity index is 957. The molecular weight excluding hydrogens is 352 g/mol. The van der Waals surface area contributed by atoms with Crippen LogP contribution in [0, 0.1) is 0 Å². The number of pyridine rings is 1. The highest BCUT2D eigenvalue weighted by molar-refractivity contribution is 7.15. The van der Waals surface area contributed by atoms with E-state index in [1.807, 2.05) is 18.5 Å². The average Bonchev–Trinajstić information content (AvgIpc) is 3.40. The molecule has 0 atom stereocenters. The summed E-state index contributed by atoms with van der Waals surface area (Å²) in [6.07, 6.45) is 11.7. The van der Waals surface area contributed by atoms with Gasteiger partial charge in [-0.05, 0) is 56.1 Å². The minimum Gasteiger partial charge on any atom is -0.298 e. The molecule has 136 valence electrons. The van der Waals surface area contributed by atoms with Gasteiger partial charge in [-0.1, -0.05) is 35.6 Å². The summed E-state index contributed by atoms with van der Waals surface area (Å²) in [7, 11) is 0. The maximum atomic E-state index is 4.81. The first-order valence-corrected chi connectivity index (χ1v) is 10.4. The minimum atomic E-state index is 0.933. The van der Waals surface area contributed by atoms with Gasteiger partial charge in [0, 0.05) is 35.6 Å². The fourth-order valence-electron chi connectivity index (χ4n) is 3.93. The fraction of sp³-hybridized carbons (Fsp3) is 0.273. The van der Waals surface area contributed by atoms with Gasteiger partial charge < -0.3 is 0 Å². The van der Waals surface area contributed by atoms with E-state index in [1.165, 1.54) is 47.8 Å². The number of nitrogens with zero attached hydrogens (tertiary/aromatic N) is 4. The summed E-state index contributed by atoms with van der Waals surface area (Å²) in [5.41, 5.74) is 4.86. The zero-order chi connectivity index (χ0) is 18.1. The van der Waals surface area contributed by atoms with Crippen LogP contribution in [0.3, 0.4) is 0 Å². The van der Waals surface area contributed by atoms with Crippen LogP contribution in [0.25, 0.3) is 5.70 Å². The van der Waals surface area contributed by atoms with Crippen molar-refractivity contribution in [3.63, 3.8) is 0 Å². The largest absolute Gasteiger partial charge is 0.298 e. The minimum absolute atomic E-state index is 0.933. The van der Waals surface area contributed by atoms with Gasteiger partial charge in [-0.25, -0.2) is 4.98 Å². The Hall–Kier alpha value is -2.50. The van der Waals surface area contributed by atoms with Gasteiger partial charge in [-0.3, -0.25) is 14.8 Å². The molecule has 0 radical (unpaired) electrons. The second-order valence-corrected chi connectivity index (χ2v) is 8.19. The van der Waals surface area contributed by atoms with E-state index in [-0.39, 0.29) is 0 Å². The van der Waals surface area contributed by atoms with Crippen LogP contribution in [-0.4, -0.2) is 28.0 Å². The number of rotatable bonds is 4. The normalized spacial score (nSPS) is 17.0. The first-order chi connectivity index (χ1) is 13.4. The Morgan fingerprint density at radius 2 is 1.89 bits per heavy atom. The molecule has 4 nitrogen and oxygen atoms in total. The van der Waals surface area contributed by atoms with E-state index in [9.17, 15) is 0 Å². The van der Waals surface area contributed by atoms with Crippen molar-refractivity contribution in [1.82, 2.24) is 14.9 Å². The van der Waals surface area contributed by atoms with Crippen LogP contribution < -0.4 is 4.90 Å². The van der Waals surface area contributed by atoms with Crippen LogP contribution >= 0.6 is 11.3 Å². The third-order valence-corrected chi connectivity index (χ3v) is 6.22. The van der Waals surface area contributed by atoms with Crippen molar-refractivity contribution in [2.24, 2.45) is 0 Å². The molecule has 0 spiro atoms. The van der Waals surface area contributed by atoms with Crippen LogP contribution in [0.5, 0.6) is 0 Å². The van der Waals surface area contributed by atoms with Crippen LogP contribution in [-0.2, 0) is 13.0 Å². The Morgan fingerprint density at radius 3 is 2.74 bits per heavy atom. The highest BCUT2D eigenvalue weighted by Crippen LogP contribution is 2.41. The van der Waals surface area contributed by atoms with Crippen LogP contribution in [0.1, 0.15) is 28.8 Å². The number of benzene rings is 1. The first-order valence-electron chi connectivity index (χ1n) is 9.54. The van der Waals surface area contributed by atoms with Gasteiger partial charge >= 0.3 is 0 Å². The lowest BCUT2D eigenvalue weighted by atomic mass is 10.0. The number of thiazole rings is 1. The van der Waals surface area contributed by atoms with Crippen molar-refractivity contribution in [2.75, 3.05) is 18.0 Å². The van der Waals surface area contributed by atoms with Gasteiger partial charge in [0.05, 0.1) is 11.4 Å². The van der Waals surface area contributed by atoms with Gasteiger partial charge in [-0.2, -0.15) is 0 Å². The third-order valence-electron chi connectivity index (χ3n) is 5.26. The second kappa shape index (κ2) is 7.25. The topological polar surface area (TPSA) is 32.3 Å². The maximum absolute atomic E-state index is 4.81. The number of hydrogen-bond acceptors (Lipinski definition) is 5. The van der Waals surface area contributed by atoms with Crippen molar-refractivity contribution in [3.05, 3.63) is 77.1 Å². The number of fused-ring (bicyclic) bond motifs is 1. The molecule has 0 saturated carbocycles. The van der Waals surface area contributed by atoms with Gasteiger partial charge in [-0.15, -0.1) is 0 Å². The van der Waals surface area contributed by atoms with Gasteiger partial charge in [0.25, 0.3) is 0 Å². The zero-order valence-electron chi connectivity index (χ0n) is 15.2. The lowest BCUT2D eigenvalue weighted by Crippen LogP contribution is -2.20. The molecule has 0 unspecified atom stereocenters. The van der Waals surface area contributed by atoms with Crippen LogP contribution in [0.2, 0.25) is 0 Å². The molecule has 1 aromatic carbocycles. The maximum Gasteiger partial charge on any atom is 0.194 e. The summed E-state index contributed by atoms with van der Waals surface area (Å²) < 4.78 is 0. The van der Waals surface area contributed by atoms with E-state index in [1.54, 1.807) is 11.3 Å². The molecule has 1 fully saturated rings. The molecule has 1 saturated heterocycles. The second-order valence-electron chi connectivity index (χ2n) is 7.09. The van der Waals surface area contributed by atoms with Crippen molar-refractivity contribution in [1.29, 1.82) is 0 Å². The summed E-state index contributed by atoms with van der Waals surface area (Å²) in [5, 5.41) is 1.03. The Labute approximate surface area is 163 Å². The molecule has 2 aliphatic heterocycles. The molecule has 0 amide bonds. The third kappa shape index (κ3) is 3.29. The smallest absolute Gasteiger partial charge is 0.194 e. The summed E-state index contributed by atoms with van der Waals surface area (Å²) in [6, 6.07) is 12.7. The molecule has 2 aliphatic rings. The van der Waals surface area contributed by atoms with E-state index >= 15 is 0 Å². The Balaban J connectivity index is 1.53. The number of allylic oxidation sites excluding steroid dienone is 1. The van der Waals surface area contributed by atoms with Gasteiger partial charge in [0.1, 0.15) is 0 Å². The van der Waals surface area contributed by atoms with Crippen molar-refractivity contribution in [2.45, 2.75) is 25.8 Å². The van der Waals surface area contributed by atoms with Gasteiger partial charge in [0.2, 0.25) is 0 Å². The predicted molar refractivity (Wildman–Crippen MR) is 111 cm³/mol. The van der Waals surface area contributed by atoms with Gasteiger partial charge in [0.15, 0.2) is 5.13 Å². The summed E-state index contributed by atoms with van der Waals surface area (Å²) in [6.45, 7) is 3.43. The number of para-hydroxylation sites is 1. The lowest BCUT2D eigenvalue weighted by molar-refractivity contribution is 0.334. The number of likely N-dealkylation sites (tertiary alicyclic amines) is 1. The van der Waals surface area contributed by atoms with E-state index in [2.05, 4.69) is 57.4 Å². The Morgan fingerprint density at radius 1 is 1.00 bits per heavy atom. The van der Waals surface area contributed by atoms with Crippen LogP contribution in [0.15, 0.2) is 61.1 Å². The van der Waals surface area contributed by atoms with E-state index in [4.69, 9.17) is 4.98 Å². The summed E-state index contributed by atoms with van der Waals surface area (Å²) in [4.78, 5) is 15.3. The standard InChI is InChI=1S/C22H22N4S/c1-2-8-20-17(6-1)9-10-21(18-7-5-11-23-14-18)26(20)22-24-15-19(27-22)16-25-12-3-4-13-25/h1-2,5-8,10-11,14-15H,3-4,9,12-13,16H2. The zero-order valence-corrected chi connectivity index (χ0v) is 16.0. The number of hydrogen-bond donors (Lipinski definition) is 0. The molecule has 0 bridgehead atoms. The fourth-order valence-corrected chi connectivity index (χ4v) is 4.91. The predicted octanol–water partition coefficient (Wildman–Crippen LogP) is 4.87. The SMILES string of the molecule is C1=C(c2cccnc2)N(c2ncc(CN3CCCC3)s2)c2ccccc2C1. The van der Waals surface area contributed by atoms with Crippen molar-refractivity contribution >= 4 is 27.9 Å². The van der Waals surface area contributed by atoms with E-state index in [0.29, 0.717) is 0 Å². The molecule has 27 heavy (non-hydrogen) atoms. The quantitative estimate of drug-likeness (QED) is 0.652. The molecule has 0 N–H and O–H groups in total. The molecular formula is C22H22N4S. The number of aromatic nitrogens is 2. The van der Waals surface area contributed by atoms with E-state index < -0.39 is 0 Å². The molecule has 5 rings (SSSR count). The summed E-state index contributed by atoms with van der Waals surface area (Å²) >= 11 is 1.80. The molecule has 3 aromatic rings. The molecule has 5 heteroatoms. The molecule has 2 aromatic heterocycles. The molecule has 0 aliphatic carbocycles. The lowest BCUT2D eigenvalue weighted by Gasteiger charge is -2.30. The van der Waals surface area contributed by atoms with E-state index in [0.717, 1.165) is 23.7 Å². The van der Waals surface area contributed by atoms with Crippen molar-refractivity contribution in [3.8, 4) is 0 Å².